The van der Waals surface area contributed by atoms with Crippen molar-refractivity contribution in [3.05, 3.63) is 11.1 Å². The van der Waals surface area contributed by atoms with Crippen LogP contribution in [-0.4, -0.2) is 26.2 Å². The SMILES string of the molecule is CCC/C(C(=O)OC)=C(\CC(C)(C)C)C(=O)OC. The van der Waals surface area contributed by atoms with Crippen molar-refractivity contribution in [3.63, 3.8) is 0 Å². The summed E-state index contributed by atoms with van der Waals surface area (Å²) in [5.74, 6) is -0.889. The van der Waals surface area contributed by atoms with Crippen molar-refractivity contribution < 1.29 is 19.1 Å². The number of methoxy groups -OCH3 is 2. The zero-order chi connectivity index (χ0) is 14.3. The predicted octanol–water partition coefficient (Wildman–Crippen LogP) is 2.87. The van der Waals surface area contributed by atoms with Gasteiger partial charge in [-0.3, -0.25) is 0 Å². The summed E-state index contributed by atoms with van der Waals surface area (Å²) < 4.78 is 9.53. The molecule has 0 aliphatic rings. The van der Waals surface area contributed by atoms with Crippen LogP contribution >= 0.6 is 0 Å². The smallest absolute Gasteiger partial charge is 0.334 e. The molecule has 0 rings (SSSR count). The van der Waals surface area contributed by atoms with E-state index in [1.807, 2.05) is 27.7 Å². The van der Waals surface area contributed by atoms with Crippen molar-refractivity contribution >= 4 is 11.9 Å². The van der Waals surface area contributed by atoms with E-state index in [0.29, 0.717) is 24.0 Å². The summed E-state index contributed by atoms with van der Waals surface area (Å²) in [5, 5.41) is 0. The van der Waals surface area contributed by atoms with Gasteiger partial charge in [0.05, 0.1) is 14.2 Å². The fraction of sp³-hybridized carbons (Fsp3) is 0.714. The maximum atomic E-state index is 11.8. The molecule has 0 amide bonds. The van der Waals surface area contributed by atoms with Gasteiger partial charge in [-0.1, -0.05) is 34.1 Å². The Hall–Kier alpha value is -1.32. The van der Waals surface area contributed by atoms with Crippen LogP contribution in [-0.2, 0) is 19.1 Å². The van der Waals surface area contributed by atoms with E-state index in [9.17, 15) is 9.59 Å². The average molecular weight is 256 g/mol. The average Bonchev–Trinajstić information content (AvgIpc) is 2.30. The monoisotopic (exact) mass is 256 g/mol. The van der Waals surface area contributed by atoms with Crippen molar-refractivity contribution in [1.29, 1.82) is 0 Å². The summed E-state index contributed by atoms with van der Waals surface area (Å²) in [5.41, 5.74) is 0.761. The van der Waals surface area contributed by atoms with Crippen LogP contribution in [0.2, 0.25) is 0 Å². The van der Waals surface area contributed by atoms with Crippen LogP contribution in [0.15, 0.2) is 11.1 Å². The van der Waals surface area contributed by atoms with Crippen LogP contribution in [0, 0.1) is 5.41 Å². The Morgan fingerprint density at radius 2 is 1.39 bits per heavy atom. The molecule has 0 aliphatic heterocycles. The molecular weight excluding hydrogens is 232 g/mol. The number of hydrogen-bond acceptors (Lipinski definition) is 4. The van der Waals surface area contributed by atoms with E-state index in [4.69, 9.17) is 9.47 Å². The van der Waals surface area contributed by atoms with E-state index in [1.165, 1.54) is 14.2 Å². The lowest BCUT2D eigenvalue weighted by Crippen LogP contribution is -2.19. The number of hydrogen-bond donors (Lipinski definition) is 0. The zero-order valence-electron chi connectivity index (χ0n) is 12.3. The zero-order valence-corrected chi connectivity index (χ0v) is 12.3. The van der Waals surface area contributed by atoms with E-state index in [1.54, 1.807) is 0 Å². The van der Waals surface area contributed by atoms with E-state index in [2.05, 4.69) is 0 Å². The molecule has 4 heteroatoms. The standard InChI is InChI=1S/C14H24O4/c1-7-8-10(12(15)17-5)11(13(16)18-6)9-14(2,3)4/h7-9H2,1-6H3/b11-10-. The highest BCUT2D eigenvalue weighted by molar-refractivity contribution is 6.00. The first-order valence-corrected chi connectivity index (χ1v) is 6.15. The molecule has 0 fully saturated rings. The number of carbonyl (C=O) groups is 2. The van der Waals surface area contributed by atoms with E-state index in [-0.39, 0.29) is 5.41 Å². The second-order valence-corrected chi connectivity index (χ2v) is 5.43. The second-order valence-electron chi connectivity index (χ2n) is 5.43. The first kappa shape index (κ1) is 16.7. The highest BCUT2D eigenvalue weighted by Gasteiger charge is 2.26. The van der Waals surface area contributed by atoms with Crippen LogP contribution in [0.5, 0.6) is 0 Å². The summed E-state index contributed by atoms with van der Waals surface area (Å²) in [7, 11) is 2.65. The normalized spacial score (nSPS) is 12.8. The Bertz CT molecular complexity index is 334. The fourth-order valence-corrected chi connectivity index (χ4v) is 1.70. The first-order valence-electron chi connectivity index (χ1n) is 6.15. The van der Waals surface area contributed by atoms with Crippen LogP contribution in [0.4, 0.5) is 0 Å². The van der Waals surface area contributed by atoms with Gasteiger partial charge in [0, 0.05) is 11.1 Å². The minimum absolute atomic E-state index is 0.101. The molecule has 104 valence electrons. The predicted molar refractivity (Wildman–Crippen MR) is 70.0 cm³/mol. The Kier molecular flexibility index (Phi) is 6.66. The largest absolute Gasteiger partial charge is 0.466 e. The van der Waals surface area contributed by atoms with Gasteiger partial charge in [-0.15, -0.1) is 0 Å². The van der Waals surface area contributed by atoms with Crippen LogP contribution in [0.25, 0.3) is 0 Å². The summed E-state index contributed by atoms with van der Waals surface area (Å²) in [6, 6.07) is 0. The van der Waals surface area contributed by atoms with Crippen molar-refractivity contribution in [3.8, 4) is 0 Å². The highest BCUT2D eigenvalue weighted by atomic mass is 16.5. The van der Waals surface area contributed by atoms with Crippen molar-refractivity contribution in [2.45, 2.75) is 47.0 Å². The van der Waals surface area contributed by atoms with E-state index in [0.717, 1.165) is 6.42 Å². The molecule has 4 nitrogen and oxygen atoms in total. The third-order valence-electron chi connectivity index (χ3n) is 2.43. The van der Waals surface area contributed by atoms with Gasteiger partial charge < -0.3 is 9.47 Å². The Balaban J connectivity index is 5.55. The maximum absolute atomic E-state index is 11.8. The molecule has 0 aliphatic carbocycles. The third-order valence-corrected chi connectivity index (χ3v) is 2.43. The number of ether oxygens (including phenoxy) is 2. The maximum Gasteiger partial charge on any atom is 0.334 e. The minimum Gasteiger partial charge on any atom is -0.466 e. The van der Waals surface area contributed by atoms with E-state index >= 15 is 0 Å². The van der Waals surface area contributed by atoms with Gasteiger partial charge in [0.25, 0.3) is 0 Å². The van der Waals surface area contributed by atoms with Crippen LogP contribution in [0.3, 0.4) is 0 Å². The molecule has 0 saturated heterocycles. The molecule has 0 heterocycles. The molecule has 0 radical (unpaired) electrons. The quantitative estimate of drug-likeness (QED) is 0.560. The van der Waals surface area contributed by atoms with Gasteiger partial charge in [-0.2, -0.15) is 0 Å². The van der Waals surface area contributed by atoms with Gasteiger partial charge in [0.15, 0.2) is 0 Å². The third kappa shape index (κ3) is 5.34. The highest BCUT2D eigenvalue weighted by Crippen LogP contribution is 2.28. The number of esters is 2. The summed E-state index contributed by atoms with van der Waals surface area (Å²) in [6.45, 7) is 7.99. The molecular formula is C14H24O4. The molecule has 18 heavy (non-hydrogen) atoms. The molecule has 0 atom stereocenters. The molecule has 0 saturated carbocycles. The lowest BCUT2D eigenvalue weighted by Gasteiger charge is -2.21. The molecule has 0 aromatic carbocycles. The molecule has 0 aromatic rings. The minimum atomic E-state index is -0.446. The Labute approximate surface area is 109 Å². The summed E-state index contributed by atoms with van der Waals surface area (Å²) in [4.78, 5) is 23.6. The van der Waals surface area contributed by atoms with Crippen molar-refractivity contribution in [2.24, 2.45) is 5.41 Å². The first-order chi connectivity index (χ1) is 8.26. The molecule has 0 N–H and O–H groups in total. The van der Waals surface area contributed by atoms with Gasteiger partial charge >= 0.3 is 11.9 Å². The Morgan fingerprint density at radius 1 is 0.944 bits per heavy atom. The number of carbonyl (C=O) groups excluding carboxylic acids is 2. The lowest BCUT2D eigenvalue weighted by molar-refractivity contribution is -0.139. The van der Waals surface area contributed by atoms with E-state index < -0.39 is 11.9 Å². The van der Waals surface area contributed by atoms with Crippen LogP contribution in [0.1, 0.15) is 47.0 Å². The second kappa shape index (κ2) is 7.19. The molecule has 0 unspecified atom stereocenters. The fourth-order valence-electron chi connectivity index (χ4n) is 1.70. The van der Waals surface area contributed by atoms with Crippen LogP contribution < -0.4 is 0 Å². The van der Waals surface area contributed by atoms with Gasteiger partial charge in [0.1, 0.15) is 0 Å². The Morgan fingerprint density at radius 3 is 1.72 bits per heavy atom. The van der Waals surface area contributed by atoms with Gasteiger partial charge in [-0.25, -0.2) is 9.59 Å². The molecule has 0 bridgehead atoms. The molecule has 0 aromatic heterocycles. The van der Waals surface area contributed by atoms with Gasteiger partial charge in [-0.05, 0) is 18.3 Å². The lowest BCUT2D eigenvalue weighted by atomic mass is 9.85. The van der Waals surface area contributed by atoms with Crippen molar-refractivity contribution in [2.75, 3.05) is 14.2 Å². The summed E-state index contributed by atoms with van der Waals surface area (Å²) in [6.07, 6.45) is 1.78. The topological polar surface area (TPSA) is 52.6 Å². The van der Waals surface area contributed by atoms with Gasteiger partial charge in [0.2, 0.25) is 0 Å². The van der Waals surface area contributed by atoms with Crippen molar-refractivity contribution in [1.82, 2.24) is 0 Å². The molecule has 0 spiro atoms. The number of rotatable bonds is 5. The summed E-state index contributed by atoms with van der Waals surface area (Å²) >= 11 is 0.